The van der Waals surface area contributed by atoms with Crippen LogP contribution >= 0.6 is 11.8 Å². The molecule has 4 atom stereocenters. The predicted molar refractivity (Wildman–Crippen MR) is 122 cm³/mol. The minimum absolute atomic E-state index is 0.0773. The number of fused-ring (bicyclic) bond motifs is 2. The van der Waals surface area contributed by atoms with Gasteiger partial charge in [0, 0.05) is 18.7 Å². The molecule has 160 valence electrons. The van der Waals surface area contributed by atoms with Gasteiger partial charge in [-0.15, -0.1) is 0 Å². The Labute approximate surface area is 183 Å². The number of carbonyl (C=O) groups excluding carboxylic acids is 2. The van der Waals surface area contributed by atoms with Crippen molar-refractivity contribution in [2.45, 2.75) is 63.0 Å². The molecule has 1 unspecified atom stereocenters. The molecule has 5 heteroatoms. The third-order valence-electron chi connectivity index (χ3n) is 7.94. The van der Waals surface area contributed by atoms with Crippen molar-refractivity contribution in [1.82, 2.24) is 4.90 Å². The van der Waals surface area contributed by atoms with Crippen molar-refractivity contribution >= 4 is 28.6 Å². The Morgan fingerprint density at radius 3 is 2.57 bits per heavy atom. The molecule has 1 aromatic carbocycles. The number of rotatable bonds is 5. The molecule has 0 aromatic heterocycles. The van der Waals surface area contributed by atoms with Crippen molar-refractivity contribution in [2.75, 3.05) is 13.1 Å². The summed E-state index contributed by atoms with van der Waals surface area (Å²) in [6.45, 7) is 3.66. The summed E-state index contributed by atoms with van der Waals surface area (Å²) in [7, 11) is 0. The van der Waals surface area contributed by atoms with Crippen molar-refractivity contribution in [1.29, 1.82) is 0 Å². The number of likely N-dealkylation sites (tertiary alicyclic amines) is 1. The average molecular weight is 425 g/mol. The standard InChI is InChI=1S/C25H32N2O2S/c1-25(24(29)26-22(30-25)15-21-14-18-7-8-20(21)13-18)16-17-9-11-27(12-10-17)23(28)19-5-3-2-4-6-19/h2-6,17-18,20-21H,7-16H2,1H3/t18-,20+,21-,25?/m1/s1. The largest absolute Gasteiger partial charge is 0.339 e. The highest BCUT2D eigenvalue weighted by molar-refractivity contribution is 8.16. The minimum Gasteiger partial charge on any atom is -0.339 e. The second-order valence-electron chi connectivity index (χ2n) is 10.1. The van der Waals surface area contributed by atoms with Gasteiger partial charge in [-0.25, -0.2) is 4.99 Å². The summed E-state index contributed by atoms with van der Waals surface area (Å²) in [6.07, 6.45) is 9.43. The van der Waals surface area contributed by atoms with Crippen LogP contribution in [0.4, 0.5) is 0 Å². The third kappa shape index (κ3) is 3.98. The zero-order valence-electron chi connectivity index (χ0n) is 17.9. The quantitative estimate of drug-likeness (QED) is 0.654. The fraction of sp³-hybridized carbons (Fsp3) is 0.640. The highest BCUT2D eigenvalue weighted by atomic mass is 32.2. The summed E-state index contributed by atoms with van der Waals surface area (Å²) < 4.78 is -0.400. The zero-order valence-corrected chi connectivity index (χ0v) is 18.7. The fourth-order valence-corrected chi connectivity index (χ4v) is 7.68. The summed E-state index contributed by atoms with van der Waals surface area (Å²) in [4.78, 5) is 32.0. The van der Waals surface area contributed by atoms with Crippen molar-refractivity contribution in [3.8, 4) is 0 Å². The van der Waals surface area contributed by atoms with E-state index in [-0.39, 0.29) is 11.8 Å². The zero-order chi connectivity index (χ0) is 20.7. The topological polar surface area (TPSA) is 49.7 Å². The van der Waals surface area contributed by atoms with Crippen LogP contribution in [0.1, 0.15) is 68.6 Å². The van der Waals surface area contributed by atoms with Crippen LogP contribution in [0, 0.1) is 23.7 Å². The van der Waals surface area contributed by atoms with Crippen LogP contribution < -0.4 is 0 Å². The lowest BCUT2D eigenvalue weighted by Crippen LogP contribution is -2.40. The third-order valence-corrected chi connectivity index (χ3v) is 9.23. The van der Waals surface area contributed by atoms with Crippen molar-refractivity contribution in [3.05, 3.63) is 35.9 Å². The molecule has 2 amide bonds. The first-order chi connectivity index (χ1) is 14.5. The van der Waals surface area contributed by atoms with E-state index in [0.29, 0.717) is 5.92 Å². The van der Waals surface area contributed by atoms with Crippen molar-refractivity contribution in [3.63, 3.8) is 0 Å². The molecule has 2 aliphatic carbocycles. The van der Waals surface area contributed by atoms with Crippen LogP contribution in [0.5, 0.6) is 0 Å². The smallest absolute Gasteiger partial charge is 0.262 e. The number of hydrogen-bond acceptors (Lipinski definition) is 3. The van der Waals surface area contributed by atoms with Gasteiger partial charge in [0.05, 0.1) is 5.04 Å². The van der Waals surface area contributed by atoms with E-state index in [1.54, 1.807) is 11.8 Å². The monoisotopic (exact) mass is 424 g/mol. The van der Waals surface area contributed by atoms with Crippen LogP contribution in [-0.2, 0) is 4.79 Å². The first-order valence-electron chi connectivity index (χ1n) is 11.7. The number of benzene rings is 1. The fourth-order valence-electron chi connectivity index (χ4n) is 6.28. The molecule has 0 N–H and O–H groups in total. The molecule has 3 fully saturated rings. The van der Waals surface area contributed by atoms with Crippen LogP contribution in [0.25, 0.3) is 0 Å². The Bertz CT molecular complexity index is 846. The van der Waals surface area contributed by atoms with Crippen LogP contribution in [0.2, 0.25) is 0 Å². The van der Waals surface area contributed by atoms with Gasteiger partial charge >= 0.3 is 0 Å². The summed E-state index contributed by atoms with van der Waals surface area (Å²) >= 11 is 1.75. The first kappa shape index (κ1) is 20.3. The summed E-state index contributed by atoms with van der Waals surface area (Å²) in [5.41, 5.74) is 0.767. The molecule has 2 aliphatic heterocycles. The van der Waals surface area contributed by atoms with E-state index in [9.17, 15) is 9.59 Å². The SMILES string of the molecule is CC1(CC2CCN(C(=O)c3ccccc3)CC2)SC(C[C@H]2C[C@@H]3CC[C@H]2C3)=NC1=O. The molecule has 1 saturated heterocycles. The lowest BCUT2D eigenvalue weighted by molar-refractivity contribution is -0.119. The number of carbonyl (C=O) groups is 2. The maximum absolute atomic E-state index is 12.8. The number of amides is 2. The van der Waals surface area contributed by atoms with E-state index >= 15 is 0 Å². The van der Waals surface area contributed by atoms with Gasteiger partial charge in [0.15, 0.2) is 0 Å². The number of nitrogens with zero attached hydrogens (tertiary/aromatic N) is 2. The summed E-state index contributed by atoms with van der Waals surface area (Å²) in [5, 5.41) is 1.09. The van der Waals surface area contributed by atoms with Crippen LogP contribution in [0.15, 0.2) is 35.3 Å². The van der Waals surface area contributed by atoms with Crippen LogP contribution in [0.3, 0.4) is 0 Å². The average Bonchev–Trinajstić information content (AvgIpc) is 3.44. The van der Waals surface area contributed by atoms with Gasteiger partial charge in [0.2, 0.25) is 0 Å². The maximum atomic E-state index is 12.8. The van der Waals surface area contributed by atoms with Gasteiger partial charge in [-0.2, -0.15) is 0 Å². The number of hydrogen-bond donors (Lipinski definition) is 0. The molecular formula is C25H32N2O2S. The van der Waals surface area contributed by atoms with Gasteiger partial charge in [-0.05, 0) is 87.7 Å². The normalized spacial score (nSPS) is 33.9. The number of piperidine rings is 1. The van der Waals surface area contributed by atoms with Gasteiger partial charge in [0.1, 0.15) is 4.75 Å². The van der Waals surface area contributed by atoms with Gasteiger partial charge in [-0.3, -0.25) is 9.59 Å². The molecule has 4 nitrogen and oxygen atoms in total. The van der Waals surface area contributed by atoms with Crippen molar-refractivity contribution < 1.29 is 9.59 Å². The highest BCUT2D eigenvalue weighted by Gasteiger charge is 2.45. The van der Waals surface area contributed by atoms with E-state index in [1.165, 1.54) is 25.7 Å². The molecule has 2 heterocycles. The Morgan fingerprint density at radius 1 is 1.13 bits per heavy atom. The molecule has 0 radical (unpaired) electrons. The lowest BCUT2D eigenvalue weighted by Gasteiger charge is -2.35. The summed E-state index contributed by atoms with van der Waals surface area (Å²) in [5.74, 6) is 3.28. The molecule has 2 saturated carbocycles. The van der Waals surface area contributed by atoms with E-state index in [2.05, 4.69) is 11.9 Å². The second-order valence-corrected chi connectivity index (χ2v) is 11.7. The molecule has 4 aliphatic rings. The molecule has 1 aromatic rings. The molecule has 5 rings (SSSR count). The van der Waals surface area contributed by atoms with Gasteiger partial charge in [-0.1, -0.05) is 36.4 Å². The van der Waals surface area contributed by atoms with Crippen LogP contribution in [-0.4, -0.2) is 39.6 Å². The maximum Gasteiger partial charge on any atom is 0.262 e. The molecule has 30 heavy (non-hydrogen) atoms. The lowest BCUT2D eigenvalue weighted by atomic mass is 9.86. The van der Waals surface area contributed by atoms with Gasteiger partial charge < -0.3 is 4.90 Å². The molecular weight excluding hydrogens is 392 g/mol. The van der Waals surface area contributed by atoms with E-state index in [4.69, 9.17) is 0 Å². The van der Waals surface area contributed by atoms with Gasteiger partial charge in [0.25, 0.3) is 11.8 Å². The first-order valence-corrected chi connectivity index (χ1v) is 12.5. The summed E-state index contributed by atoms with van der Waals surface area (Å²) in [6, 6.07) is 9.54. The predicted octanol–water partition coefficient (Wildman–Crippen LogP) is 5.19. The second kappa shape index (κ2) is 8.14. The Kier molecular flexibility index (Phi) is 5.51. The Balaban J connectivity index is 1.13. The minimum atomic E-state index is -0.400. The number of thioether (sulfide) groups is 1. The van der Waals surface area contributed by atoms with E-state index in [1.807, 2.05) is 35.2 Å². The Hall–Kier alpha value is -1.62. The molecule has 2 bridgehead atoms. The molecule has 0 spiro atoms. The van der Waals surface area contributed by atoms with E-state index in [0.717, 1.165) is 67.1 Å². The highest BCUT2D eigenvalue weighted by Crippen LogP contribution is 2.51. The van der Waals surface area contributed by atoms with E-state index < -0.39 is 4.75 Å². The number of aliphatic imine (C=N–C) groups is 1. The Morgan fingerprint density at radius 2 is 1.90 bits per heavy atom. The van der Waals surface area contributed by atoms with Crippen molar-refractivity contribution in [2.24, 2.45) is 28.7 Å².